The Morgan fingerprint density at radius 3 is 2.55 bits per heavy atom. The van der Waals surface area contributed by atoms with Gasteiger partial charge in [-0.15, -0.1) is 11.6 Å². The number of halogens is 5. The molecule has 1 aromatic heterocycles. The van der Waals surface area contributed by atoms with Gasteiger partial charge in [-0.3, -0.25) is 0 Å². The highest BCUT2D eigenvalue weighted by Crippen LogP contribution is 2.31. The fourth-order valence-corrected chi connectivity index (χ4v) is 2.12. The van der Waals surface area contributed by atoms with Crippen molar-refractivity contribution in [2.45, 2.75) is 25.0 Å². The molecule has 0 aliphatic rings. The Morgan fingerprint density at radius 2 is 2.05 bits per heavy atom. The van der Waals surface area contributed by atoms with Crippen molar-refractivity contribution in [3.63, 3.8) is 0 Å². The standard InChI is InChI=1S/C12H11ClF4N2O/c1-6(13)11-18-8-3-7(14)10(20-2)4-9(8)19(11)5-12(15,16)17/h3-4,6H,5H2,1-2H3. The largest absolute Gasteiger partial charge is 0.494 e. The highest BCUT2D eigenvalue weighted by atomic mass is 35.5. The van der Waals surface area contributed by atoms with E-state index in [9.17, 15) is 17.6 Å². The number of nitrogens with zero attached hydrogens (tertiary/aromatic N) is 2. The molecule has 2 aromatic rings. The predicted molar refractivity (Wildman–Crippen MR) is 66.6 cm³/mol. The van der Waals surface area contributed by atoms with E-state index in [4.69, 9.17) is 16.3 Å². The van der Waals surface area contributed by atoms with E-state index in [-0.39, 0.29) is 22.6 Å². The quantitative estimate of drug-likeness (QED) is 0.632. The average molecular weight is 311 g/mol. The predicted octanol–water partition coefficient (Wildman–Crippen LogP) is 4.05. The van der Waals surface area contributed by atoms with Gasteiger partial charge in [-0.25, -0.2) is 9.37 Å². The highest BCUT2D eigenvalue weighted by molar-refractivity contribution is 6.20. The molecule has 1 aromatic carbocycles. The molecule has 110 valence electrons. The molecule has 1 heterocycles. The van der Waals surface area contributed by atoms with Crippen LogP contribution in [0, 0.1) is 5.82 Å². The summed E-state index contributed by atoms with van der Waals surface area (Å²) >= 11 is 5.85. The molecule has 1 unspecified atom stereocenters. The van der Waals surface area contributed by atoms with Gasteiger partial charge in [0.05, 0.1) is 23.5 Å². The number of ether oxygens (including phenoxy) is 1. The van der Waals surface area contributed by atoms with E-state index >= 15 is 0 Å². The Balaban J connectivity index is 2.69. The van der Waals surface area contributed by atoms with Crippen LogP contribution in [0.4, 0.5) is 17.6 Å². The van der Waals surface area contributed by atoms with Crippen molar-refractivity contribution in [3.05, 3.63) is 23.8 Å². The van der Waals surface area contributed by atoms with Gasteiger partial charge in [0.25, 0.3) is 0 Å². The topological polar surface area (TPSA) is 27.1 Å². The third kappa shape index (κ3) is 2.82. The van der Waals surface area contributed by atoms with Gasteiger partial charge in [0.2, 0.25) is 0 Å². The molecule has 3 nitrogen and oxygen atoms in total. The molecule has 0 N–H and O–H groups in total. The zero-order valence-electron chi connectivity index (χ0n) is 10.6. The maximum Gasteiger partial charge on any atom is 0.406 e. The zero-order valence-corrected chi connectivity index (χ0v) is 11.4. The Bertz CT molecular complexity index is 636. The van der Waals surface area contributed by atoms with Crippen molar-refractivity contribution in [3.8, 4) is 5.75 Å². The van der Waals surface area contributed by atoms with Crippen LogP contribution in [-0.4, -0.2) is 22.8 Å². The molecule has 0 spiro atoms. The highest BCUT2D eigenvalue weighted by Gasteiger charge is 2.31. The van der Waals surface area contributed by atoms with E-state index in [1.54, 1.807) is 0 Å². The lowest BCUT2D eigenvalue weighted by Crippen LogP contribution is -2.19. The summed E-state index contributed by atoms with van der Waals surface area (Å²) in [6, 6.07) is 2.22. The number of alkyl halides is 4. The smallest absolute Gasteiger partial charge is 0.406 e. The molecule has 1 atom stereocenters. The molecule has 8 heteroatoms. The van der Waals surface area contributed by atoms with Crippen LogP contribution in [0.5, 0.6) is 5.75 Å². The third-order valence-corrected chi connectivity index (χ3v) is 2.94. The molecule has 0 bridgehead atoms. The van der Waals surface area contributed by atoms with E-state index in [1.807, 2.05) is 0 Å². The number of aromatic nitrogens is 2. The van der Waals surface area contributed by atoms with E-state index in [0.29, 0.717) is 0 Å². The summed E-state index contributed by atoms with van der Waals surface area (Å²) in [5, 5.41) is -0.737. The van der Waals surface area contributed by atoms with Crippen LogP contribution in [0.25, 0.3) is 11.0 Å². The molecule has 0 aliphatic heterocycles. The first kappa shape index (κ1) is 14.9. The first-order valence-corrected chi connectivity index (χ1v) is 6.11. The lowest BCUT2D eigenvalue weighted by atomic mass is 10.3. The summed E-state index contributed by atoms with van der Waals surface area (Å²) in [6.45, 7) is 0.258. The minimum absolute atomic E-state index is 0.0339. The van der Waals surface area contributed by atoms with E-state index < -0.39 is 23.9 Å². The third-order valence-electron chi connectivity index (χ3n) is 2.74. The lowest BCUT2D eigenvalue weighted by molar-refractivity contribution is -0.140. The van der Waals surface area contributed by atoms with Crippen LogP contribution in [0.3, 0.4) is 0 Å². The lowest BCUT2D eigenvalue weighted by Gasteiger charge is -2.13. The zero-order chi connectivity index (χ0) is 15.1. The first-order valence-electron chi connectivity index (χ1n) is 5.67. The van der Waals surface area contributed by atoms with E-state index in [2.05, 4.69) is 4.98 Å². The Labute approximate surface area is 117 Å². The van der Waals surface area contributed by atoms with Gasteiger partial charge in [0.1, 0.15) is 12.4 Å². The van der Waals surface area contributed by atoms with Crippen molar-refractivity contribution in [2.75, 3.05) is 7.11 Å². The minimum atomic E-state index is -4.43. The van der Waals surface area contributed by atoms with Gasteiger partial charge < -0.3 is 9.30 Å². The normalized spacial score (nSPS) is 13.8. The van der Waals surface area contributed by atoms with Crippen LogP contribution in [0.1, 0.15) is 18.1 Å². The van der Waals surface area contributed by atoms with Gasteiger partial charge in [-0.2, -0.15) is 13.2 Å². The van der Waals surface area contributed by atoms with Gasteiger partial charge >= 0.3 is 6.18 Å². The average Bonchev–Trinajstić information content (AvgIpc) is 2.64. The second-order valence-corrected chi connectivity index (χ2v) is 4.92. The maximum atomic E-state index is 13.6. The fraction of sp³-hybridized carbons (Fsp3) is 0.417. The SMILES string of the molecule is COc1cc2c(cc1F)nc(C(C)Cl)n2CC(F)(F)F. The van der Waals surface area contributed by atoms with E-state index in [0.717, 1.165) is 10.6 Å². The summed E-state index contributed by atoms with van der Waals surface area (Å²) in [5.41, 5.74) is 0.234. The van der Waals surface area contributed by atoms with Crippen LogP contribution >= 0.6 is 11.6 Å². The molecule has 0 amide bonds. The molecular formula is C12H11ClF4N2O. The Morgan fingerprint density at radius 1 is 1.40 bits per heavy atom. The number of benzene rings is 1. The Kier molecular flexibility index (Phi) is 3.82. The van der Waals surface area contributed by atoms with Crippen molar-refractivity contribution >= 4 is 22.6 Å². The van der Waals surface area contributed by atoms with Crippen LogP contribution in [-0.2, 0) is 6.54 Å². The second kappa shape index (κ2) is 5.12. The number of imidazole rings is 1. The van der Waals surface area contributed by atoms with Crippen LogP contribution in [0.2, 0.25) is 0 Å². The van der Waals surface area contributed by atoms with E-state index in [1.165, 1.54) is 20.1 Å². The molecule has 20 heavy (non-hydrogen) atoms. The first-order chi connectivity index (χ1) is 9.23. The van der Waals surface area contributed by atoms with Gasteiger partial charge in [-0.1, -0.05) is 0 Å². The van der Waals surface area contributed by atoms with Crippen molar-refractivity contribution in [2.24, 2.45) is 0 Å². The van der Waals surface area contributed by atoms with Gasteiger partial charge in [0, 0.05) is 12.1 Å². The van der Waals surface area contributed by atoms with Crippen molar-refractivity contribution in [1.29, 1.82) is 0 Å². The Hall–Kier alpha value is -1.50. The molecule has 0 aliphatic carbocycles. The number of hydrogen-bond donors (Lipinski definition) is 0. The van der Waals surface area contributed by atoms with Gasteiger partial charge in [0.15, 0.2) is 11.6 Å². The number of fused-ring (bicyclic) bond motifs is 1. The molecular weight excluding hydrogens is 300 g/mol. The molecule has 0 saturated heterocycles. The number of methoxy groups -OCH3 is 1. The monoisotopic (exact) mass is 310 g/mol. The summed E-state index contributed by atoms with van der Waals surface area (Å²) < 4.78 is 57.2. The summed E-state index contributed by atoms with van der Waals surface area (Å²) in [7, 11) is 1.24. The molecule has 0 fully saturated rings. The molecule has 2 rings (SSSR count). The maximum absolute atomic E-state index is 13.6. The van der Waals surface area contributed by atoms with Crippen molar-refractivity contribution in [1.82, 2.24) is 9.55 Å². The minimum Gasteiger partial charge on any atom is -0.494 e. The summed E-state index contributed by atoms with van der Waals surface area (Å²) in [4.78, 5) is 3.97. The number of hydrogen-bond acceptors (Lipinski definition) is 2. The molecule has 0 radical (unpaired) electrons. The van der Waals surface area contributed by atoms with Gasteiger partial charge in [-0.05, 0) is 6.92 Å². The fourth-order valence-electron chi connectivity index (χ4n) is 1.95. The molecule has 0 saturated carbocycles. The van der Waals surface area contributed by atoms with Crippen LogP contribution in [0.15, 0.2) is 12.1 Å². The number of rotatable bonds is 3. The van der Waals surface area contributed by atoms with Crippen molar-refractivity contribution < 1.29 is 22.3 Å². The second-order valence-electron chi connectivity index (χ2n) is 4.26. The summed E-state index contributed by atoms with van der Waals surface area (Å²) in [6.07, 6.45) is -4.43. The summed E-state index contributed by atoms with van der Waals surface area (Å²) in [5.74, 6) is -0.799. The van der Waals surface area contributed by atoms with Crippen LogP contribution < -0.4 is 4.74 Å².